The number of nitrogens with one attached hydrogen (secondary N) is 1. The Morgan fingerprint density at radius 2 is 1.87 bits per heavy atom. The third kappa shape index (κ3) is 3.89. The summed E-state index contributed by atoms with van der Waals surface area (Å²) in [6.45, 7) is 3.16. The molecule has 124 valence electrons. The first-order valence-electron chi connectivity index (χ1n) is 8.15. The second kappa shape index (κ2) is 8.09. The number of ether oxygens (including phenoxy) is 1. The molecule has 0 aliphatic carbocycles. The van der Waals surface area contributed by atoms with Crippen LogP contribution in [-0.4, -0.2) is 26.1 Å². The zero-order chi connectivity index (χ0) is 16.7. The molecule has 1 atom stereocenters. The van der Waals surface area contributed by atoms with Crippen molar-refractivity contribution in [1.82, 2.24) is 5.32 Å². The van der Waals surface area contributed by atoms with Crippen molar-refractivity contribution < 1.29 is 9.53 Å². The van der Waals surface area contributed by atoms with E-state index in [2.05, 4.69) is 5.32 Å². The van der Waals surface area contributed by atoms with E-state index in [1.165, 1.54) is 0 Å². The Labute approximate surface area is 138 Å². The summed E-state index contributed by atoms with van der Waals surface area (Å²) in [6.07, 6.45) is 2.94. The zero-order valence-electron chi connectivity index (χ0n) is 14.0. The number of unbranched alkanes of at least 4 members (excludes halogenated alkanes) is 2. The standard InChI is InChI=1S/C19H26N2O2/c1-19(23-2,18(22)21-14-7-3-6-13-20)17-12-8-10-15-9-4-5-11-16(15)17/h4-5,8-12H,3,6-7,13-14,20H2,1-2H3,(H,21,22). The normalized spacial score (nSPS) is 13.7. The van der Waals surface area contributed by atoms with Crippen LogP contribution in [0.2, 0.25) is 0 Å². The number of amides is 1. The van der Waals surface area contributed by atoms with Crippen LogP contribution in [0.5, 0.6) is 0 Å². The highest BCUT2D eigenvalue weighted by atomic mass is 16.5. The van der Waals surface area contributed by atoms with Crippen LogP contribution in [-0.2, 0) is 15.1 Å². The fourth-order valence-corrected chi connectivity index (χ4v) is 2.78. The number of carbonyl (C=O) groups is 1. The maximum Gasteiger partial charge on any atom is 0.256 e. The van der Waals surface area contributed by atoms with Crippen LogP contribution < -0.4 is 11.1 Å². The molecular weight excluding hydrogens is 288 g/mol. The van der Waals surface area contributed by atoms with Gasteiger partial charge >= 0.3 is 0 Å². The topological polar surface area (TPSA) is 64.3 Å². The molecule has 0 aromatic heterocycles. The highest BCUT2D eigenvalue weighted by molar-refractivity contribution is 5.94. The van der Waals surface area contributed by atoms with E-state index in [1.54, 1.807) is 7.11 Å². The average Bonchev–Trinajstić information content (AvgIpc) is 2.60. The zero-order valence-corrected chi connectivity index (χ0v) is 14.0. The molecule has 0 radical (unpaired) electrons. The summed E-state index contributed by atoms with van der Waals surface area (Å²) in [5.74, 6) is -0.107. The molecular formula is C19H26N2O2. The second-order valence-corrected chi connectivity index (χ2v) is 5.87. The van der Waals surface area contributed by atoms with Gasteiger partial charge in [-0.2, -0.15) is 0 Å². The summed E-state index contributed by atoms with van der Waals surface area (Å²) in [5, 5.41) is 5.13. The van der Waals surface area contributed by atoms with E-state index in [9.17, 15) is 4.79 Å². The van der Waals surface area contributed by atoms with E-state index >= 15 is 0 Å². The van der Waals surface area contributed by atoms with Crippen molar-refractivity contribution in [2.75, 3.05) is 20.2 Å². The van der Waals surface area contributed by atoms with Crippen LogP contribution in [0.4, 0.5) is 0 Å². The number of benzene rings is 2. The number of rotatable bonds is 8. The lowest BCUT2D eigenvalue weighted by Crippen LogP contribution is -2.44. The van der Waals surface area contributed by atoms with E-state index in [1.807, 2.05) is 49.4 Å². The fraction of sp³-hybridized carbons (Fsp3) is 0.421. The first-order valence-corrected chi connectivity index (χ1v) is 8.15. The van der Waals surface area contributed by atoms with Crippen molar-refractivity contribution in [1.29, 1.82) is 0 Å². The lowest BCUT2D eigenvalue weighted by Gasteiger charge is -2.28. The molecule has 23 heavy (non-hydrogen) atoms. The van der Waals surface area contributed by atoms with Crippen LogP contribution in [0.25, 0.3) is 10.8 Å². The van der Waals surface area contributed by atoms with E-state index in [0.29, 0.717) is 13.1 Å². The molecule has 0 saturated carbocycles. The number of hydrogen-bond acceptors (Lipinski definition) is 3. The predicted octanol–water partition coefficient (Wildman–Crippen LogP) is 2.95. The Balaban J connectivity index is 2.20. The summed E-state index contributed by atoms with van der Waals surface area (Å²) in [6, 6.07) is 14.0. The van der Waals surface area contributed by atoms with E-state index < -0.39 is 5.60 Å². The molecule has 2 rings (SSSR count). The molecule has 2 aromatic rings. The second-order valence-electron chi connectivity index (χ2n) is 5.87. The molecule has 0 aliphatic heterocycles. The summed E-state index contributed by atoms with van der Waals surface area (Å²) in [4.78, 5) is 12.7. The Bertz CT molecular complexity index is 651. The minimum atomic E-state index is -1.01. The molecule has 3 N–H and O–H groups in total. The minimum Gasteiger partial charge on any atom is -0.364 e. The fourth-order valence-electron chi connectivity index (χ4n) is 2.78. The number of carbonyl (C=O) groups excluding carboxylic acids is 1. The van der Waals surface area contributed by atoms with Crippen molar-refractivity contribution in [3.05, 3.63) is 48.0 Å². The van der Waals surface area contributed by atoms with Gasteiger partial charge in [-0.15, -0.1) is 0 Å². The molecule has 1 amide bonds. The summed E-state index contributed by atoms with van der Waals surface area (Å²) in [5.41, 5.74) is 5.36. The Morgan fingerprint density at radius 1 is 1.13 bits per heavy atom. The molecule has 4 nitrogen and oxygen atoms in total. The van der Waals surface area contributed by atoms with Crippen LogP contribution >= 0.6 is 0 Å². The van der Waals surface area contributed by atoms with Crippen molar-refractivity contribution in [2.45, 2.75) is 31.8 Å². The molecule has 1 unspecified atom stereocenters. The van der Waals surface area contributed by atoms with Gasteiger partial charge in [0.05, 0.1) is 0 Å². The van der Waals surface area contributed by atoms with Gasteiger partial charge in [-0.1, -0.05) is 48.9 Å². The SMILES string of the molecule is COC(C)(C(=O)NCCCCCN)c1cccc2ccccc12. The summed E-state index contributed by atoms with van der Waals surface area (Å²) < 4.78 is 5.64. The molecule has 0 heterocycles. The van der Waals surface area contributed by atoms with Gasteiger partial charge in [0, 0.05) is 19.2 Å². The molecule has 0 fully saturated rings. The van der Waals surface area contributed by atoms with E-state index in [-0.39, 0.29) is 5.91 Å². The predicted molar refractivity (Wildman–Crippen MR) is 94.2 cm³/mol. The molecule has 0 spiro atoms. The quantitative estimate of drug-likeness (QED) is 0.736. The largest absolute Gasteiger partial charge is 0.364 e. The number of methoxy groups -OCH3 is 1. The van der Waals surface area contributed by atoms with Crippen molar-refractivity contribution >= 4 is 16.7 Å². The van der Waals surface area contributed by atoms with Gasteiger partial charge in [-0.3, -0.25) is 4.79 Å². The van der Waals surface area contributed by atoms with E-state index in [4.69, 9.17) is 10.5 Å². The third-order valence-corrected chi connectivity index (χ3v) is 4.31. The highest BCUT2D eigenvalue weighted by Crippen LogP contribution is 2.31. The molecule has 4 heteroatoms. The lowest BCUT2D eigenvalue weighted by atomic mass is 9.90. The number of nitrogens with two attached hydrogens (primary N) is 1. The average molecular weight is 314 g/mol. The van der Waals surface area contributed by atoms with Crippen molar-refractivity contribution in [2.24, 2.45) is 5.73 Å². The van der Waals surface area contributed by atoms with Gasteiger partial charge in [-0.05, 0) is 37.1 Å². The van der Waals surface area contributed by atoms with E-state index in [0.717, 1.165) is 35.6 Å². The van der Waals surface area contributed by atoms with Gasteiger partial charge in [-0.25, -0.2) is 0 Å². The first-order chi connectivity index (χ1) is 11.1. The molecule has 0 aliphatic rings. The maximum absolute atomic E-state index is 12.7. The van der Waals surface area contributed by atoms with Crippen molar-refractivity contribution in [3.8, 4) is 0 Å². The molecule has 0 saturated heterocycles. The Kier molecular flexibility index (Phi) is 6.13. The third-order valence-electron chi connectivity index (χ3n) is 4.31. The van der Waals surface area contributed by atoms with Gasteiger partial charge in [0.25, 0.3) is 5.91 Å². The number of fused-ring (bicyclic) bond motifs is 1. The summed E-state index contributed by atoms with van der Waals surface area (Å²) in [7, 11) is 1.58. The first kappa shape index (κ1) is 17.4. The van der Waals surface area contributed by atoms with Gasteiger partial charge < -0.3 is 15.8 Å². The molecule has 2 aromatic carbocycles. The van der Waals surface area contributed by atoms with Gasteiger partial charge in [0.15, 0.2) is 5.60 Å². The monoisotopic (exact) mass is 314 g/mol. The Morgan fingerprint density at radius 3 is 2.61 bits per heavy atom. The van der Waals surface area contributed by atoms with Crippen LogP contribution in [0.1, 0.15) is 31.7 Å². The maximum atomic E-state index is 12.7. The number of hydrogen-bond donors (Lipinski definition) is 2. The van der Waals surface area contributed by atoms with Crippen LogP contribution in [0.15, 0.2) is 42.5 Å². The Hall–Kier alpha value is -1.91. The smallest absolute Gasteiger partial charge is 0.256 e. The minimum absolute atomic E-state index is 0.107. The lowest BCUT2D eigenvalue weighted by molar-refractivity contribution is -0.142. The van der Waals surface area contributed by atoms with Gasteiger partial charge in [0.1, 0.15) is 0 Å². The highest BCUT2D eigenvalue weighted by Gasteiger charge is 2.36. The molecule has 0 bridgehead atoms. The van der Waals surface area contributed by atoms with Gasteiger partial charge in [0.2, 0.25) is 0 Å². The van der Waals surface area contributed by atoms with Crippen LogP contribution in [0.3, 0.4) is 0 Å². The summed E-state index contributed by atoms with van der Waals surface area (Å²) >= 11 is 0. The van der Waals surface area contributed by atoms with Crippen molar-refractivity contribution in [3.63, 3.8) is 0 Å². The van der Waals surface area contributed by atoms with Crippen LogP contribution in [0, 0.1) is 0 Å².